The largest absolute Gasteiger partial charge is 0.457 e. The standard InChI is InChI=1S/C46H7B21O/c47-24-21(33(56)43(66)45-22(24)23-34(57)41(64)42(65)44(67)46(23)68-45)13-18-15(28(51)36(59)38(61)30(18)53)12(16-19(13)31(54)39(62)37(60)29(16)52)17-20-14(27(50)35(58)40(63)32(20)55)11(25(48)26(17)49)10-7-3-5-8-4-1-2-6-9(8)10/h1-7H. The second kappa shape index (κ2) is 16.1. The summed E-state index contributed by atoms with van der Waals surface area (Å²) < 4.78 is 6.20. The molecule has 68 heavy (non-hydrogen) atoms. The molecule has 0 aliphatic carbocycles. The smallest absolute Gasteiger partial charge is 0.127 e. The lowest BCUT2D eigenvalue weighted by molar-refractivity contribution is 0.675. The Morgan fingerprint density at radius 3 is 1.00 bits per heavy atom. The van der Waals surface area contributed by atoms with Crippen LogP contribution in [-0.2, 0) is 0 Å². The minimum absolute atomic E-state index is 0.00537. The molecule has 0 atom stereocenters. The van der Waals surface area contributed by atoms with Gasteiger partial charge in [-0.3, -0.25) is 0 Å². The molecule has 10 rings (SSSR count). The molecule has 0 bridgehead atoms. The Bertz CT molecular complexity index is 3960. The van der Waals surface area contributed by atoms with Gasteiger partial charge in [0.15, 0.2) is 0 Å². The van der Waals surface area contributed by atoms with Crippen molar-refractivity contribution in [1.82, 2.24) is 0 Å². The summed E-state index contributed by atoms with van der Waals surface area (Å²) in [6, 6.07) is 13.3. The van der Waals surface area contributed by atoms with Crippen LogP contribution in [0.15, 0.2) is 46.9 Å². The summed E-state index contributed by atoms with van der Waals surface area (Å²) in [5, 5.41) is 2.74. The van der Waals surface area contributed by atoms with Crippen molar-refractivity contribution in [3.8, 4) is 33.4 Å². The fourth-order valence-electron chi connectivity index (χ4n) is 9.98. The maximum Gasteiger partial charge on any atom is 0.127 e. The van der Waals surface area contributed by atoms with Gasteiger partial charge in [0.25, 0.3) is 0 Å². The molecule has 1 nitrogen and oxygen atoms in total. The van der Waals surface area contributed by atoms with Crippen LogP contribution in [0.4, 0.5) is 0 Å². The Labute approximate surface area is 422 Å². The van der Waals surface area contributed by atoms with Gasteiger partial charge in [0.1, 0.15) is 176 Å². The van der Waals surface area contributed by atoms with Crippen molar-refractivity contribution in [2.45, 2.75) is 0 Å². The van der Waals surface area contributed by atoms with Gasteiger partial charge in [0.05, 0.1) is 0 Å². The van der Waals surface area contributed by atoms with E-state index in [9.17, 15) is 0 Å². The Morgan fingerprint density at radius 2 is 0.529 bits per heavy atom. The van der Waals surface area contributed by atoms with Crippen LogP contribution < -0.4 is 115 Å². The molecule has 0 aliphatic rings. The van der Waals surface area contributed by atoms with Crippen LogP contribution in [0, 0.1) is 0 Å². The molecule has 0 saturated carbocycles. The summed E-state index contributed by atoms with van der Waals surface area (Å²) in [5.74, 6) is 0. The molecule has 0 spiro atoms. The first kappa shape index (κ1) is 46.9. The molecular formula is C46H7B21O. The SMILES string of the molecule is [B]c1c([B])c([B])c2c(oc3c([B])c([B])c(-c4c5c([B])c([B])c([B])c([B])c5c(-c5c([B])c([B])c(-c6cccc7ccccc67)c6c([B])c([B])c([B])c([B])c56)c5c([B])c([B])c([B])c([B])c45)c([B])c32)c1[B]. The van der Waals surface area contributed by atoms with Crippen molar-refractivity contribution in [1.29, 1.82) is 0 Å². The monoisotopic (exact) mass is 806 g/mol. The summed E-state index contributed by atoms with van der Waals surface area (Å²) in [5.41, 5.74) is -0.244. The van der Waals surface area contributed by atoms with Crippen LogP contribution in [0.5, 0.6) is 0 Å². The molecule has 10 aromatic rings. The summed E-state index contributed by atoms with van der Waals surface area (Å²) >= 11 is 0. The second-order valence-electron chi connectivity index (χ2n) is 16.8. The van der Waals surface area contributed by atoms with Gasteiger partial charge >= 0.3 is 0 Å². The Kier molecular flexibility index (Phi) is 11.1. The molecular weight excluding hydrogens is 796 g/mol. The number of furan rings is 1. The predicted octanol–water partition coefficient (Wildman–Crippen LogP) is -12.1. The summed E-state index contributed by atoms with van der Waals surface area (Å²) in [6.07, 6.45) is 0. The van der Waals surface area contributed by atoms with Gasteiger partial charge in [-0.05, 0) is 76.5 Å². The number of fused-ring (bicyclic) bond motifs is 7. The van der Waals surface area contributed by atoms with E-state index in [0.29, 0.717) is 11.1 Å². The zero-order chi connectivity index (χ0) is 49.2. The fourth-order valence-corrected chi connectivity index (χ4v) is 9.98. The molecule has 260 valence electrons. The molecule has 0 aliphatic heterocycles. The minimum atomic E-state index is -0.141. The second-order valence-corrected chi connectivity index (χ2v) is 16.8. The van der Waals surface area contributed by atoms with E-state index in [1.165, 1.54) is 0 Å². The first-order chi connectivity index (χ1) is 32.1. The van der Waals surface area contributed by atoms with Gasteiger partial charge < -0.3 is 4.42 Å². The van der Waals surface area contributed by atoms with Gasteiger partial charge in [0, 0.05) is 10.8 Å². The van der Waals surface area contributed by atoms with E-state index in [-0.39, 0.29) is 191 Å². The average Bonchev–Trinajstić information content (AvgIpc) is 3.74. The molecule has 9 aromatic carbocycles. The average molecular weight is 803 g/mol. The molecule has 0 unspecified atom stereocenters. The highest BCUT2D eigenvalue weighted by molar-refractivity contribution is 6.75. The van der Waals surface area contributed by atoms with Gasteiger partial charge in [-0.25, -0.2) is 0 Å². The summed E-state index contributed by atoms with van der Waals surface area (Å²) in [4.78, 5) is 0. The first-order valence-electron chi connectivity index (χ1n) is 20.5. The van der Waals surface area contributed by atoms with Gasteiger partial charge in [-0.1, -0.05) is 113 Å². The zero-order valence-corrected chi connectivity index (χ0v) is 36.1. The third kappa shape index (κ3) is 6.00. The highest BCUT2D eigenvalue weighted by Crippen LogP contribution is 2.43. The van der Waals surface area contributed by atoms with Crippen molar-refractivity contribution in [3.63, 3.8) is 0 Å². The van der Waals surface area contributed by atoms with E-state index < -0.39 is 0 Å². The number of rotatable bonds is 3. The maximum atomic E-state index is 7.38. The fraction of sp³-hybridized carbons (Fsp3) is 0. The van der Waals surface area contributed by atoms with E-state index in [1.54, 1.807) is 0 Å². The number of benzene rings is 9. The Hall–Kier alpha value is -4.82. The van der Waals surface area contributed by atoms with Crippen LogP contribution in [0.25, 0.3) is 98.4 Å². The minimum Gasteiger partial charge on any atom is -0.457 e. The highest BCUT2D eigenvalue weighted by atomic mass is 16.3. The molecule has 22 heteroatoms. The van der Waals surface area contributed by atoms with E-state index in [0.717, 1.165) is 10.8 Å². The Morgan fingerprint density at radius 1 is 0.221 bits per heavy atom. The van der Waals surface area contributed by atoms with E-state index in [1.807, 2.05) is 42.5 Å². The molecule has 1 heterocycles. The third-order valence-electron chi connectivity index (χ3n) is 13.5. The van der Waals surface area contributed by atoms with Crippen molar-refractivity contribution < 1.29 is 4.42 Å². The molecule has 0 saturated heterocycles. The molecule has 1 aromatic heterocycles. The summed E-state index contributed by atoms with van der Waals surface area (Å²) in [6.45, 7) is 0. The lowest BCUT2D eigenvalue weighted by atomic mass is 9.56. The van der Waals surface area contributed by atoms with Crippen LogP contribution in [0.2, 0.25) is 0 Å². The van der Waals surface area contributed by atoms with E-state index in [2.05, 4.69) is 0 Å². The molecule has 0 amide bonds. The van der Waals surface area contributed by atoms with Crippen molar-refractivity contribution >= 4 is 345 Å². The number of hydrogen-bond donors (Lipinski definition) is 0. The molecule has 42 radical (unpaired) electrons. The van der Waals surface area contributed by atoms with E-state index in [4.69, 9.17) is 169 Å². The molecule has 0 N–H and O–H groups in total. The van der Waals surface area contributed by atoms with Crippen LogP contribution in [0.1, 0.15) is 0 Å². The maximum absolute atomic E-state index is 7.38. The van der Waals surface area contributed by atoms with Crippen molar-refractivity contribution in [3.05, 3.63) is 42.5 Å². The van der Waals surface area contributed by atoms with Crippen LogP contribution in [0.3, 0.4) is 0 Å². The zero-order valence-electron chi connectivity index (χ0n) is 36.1. The lowest BCUT2D eigenvalue weighted by Crippen LogP contribution is -2.51. The third-order valence-corrected chi connectivity index (χ3v) is 13.5. The highest BCUT2D eigenvalue weighted by Gasteiger charge is 2.31. The van der Waals surface area contributed by atoms with Gasteiger partial charge in [-0.2, -0.15) is 0 Å². The van der Waals surface area contributed by atoms with E-state index >= 15 is 0 Å². The predicted molar refractivity (Wildman–Crippen MR) is 313 cm³/mol. The topological polar surface area (TPSA) is 13.1 Å². The lowest BCUT2D eigenvalue weighted by Gasteiger charge is -2.33. The van der Waals surface area contributed by atoms with Crippen LogP contribution in [-0.4, -0.2) is 165 Å². The van der Waals surface area contributed by atoms with Gasteiger partial charge in [-0.15, -0.1) is 43.7 Å². The first-order valence-corrected chi connectivity index (χ1v) is 20.5. The van der Waals surface area contributed by atoms with Gasteiger partial charge in [0.2, 0.25) is 0 Å². The summed E-state index contributed by atoms with van der Waals surface area (Å²) in [7, 11) is 144. The quantitative estimate of drug-likeness (QED) is 0.128. The molecule has 0 fully saturated rings. The Balaban J connectivity index is 1.54. The van der Waals surface area contributed by atoms with Crippen LogP contribution >= 0.6 is 0 Å². The number of hydrogen-bond acceptors (Lipinski definition) is 1. The normalized spacial score (nSPS) is 11.9. The van der Waals surface area contributed by atoms with Crippen molar-refractivity contribution in [2.24, 2.45) is 0 Å². The van der Waals surface area contributed by atoms with Crippen molar-refractivity contribution in [2.75, 3.05) is 0 Å².